The van der Waals surface area contributed by atoms with E-state index in [1.807, 2.05) is 42.2 Å². The third-order valence-corrected chi connectivity index (χ3v) is 5.76. The summed E-state index contributed by atoms with van der Waals surface area (Å²) in [7, 11) is 3.25. The van der Waals surface area contributed by atoms with Crippen LogP contribution in [0.3, 0.4) is 0 Å². The van der Waals surface area contributed by atoms with Gasteiger partial charge in [0.05, 0.1) is 20.8 Å². The maximum Gasteiger partial charge on any atom is 0.246 e. The Morgan fingerprint density at radius 2 is 1.81 bits per heavy atom. The third kappa shape index (κ3) is 4.33. The zero-order valence-corrected chi connectivity index (χ0v) is 18.6. The van der Waals surface area contributed by atoms with Crippen LogP contribution in [0.1, 0.15) is 36.1 Å². The summed E-state index contributed by atoms with van der Waals surface area (Å²) in [5.41, 5.74) is 4.28. The molecule has 2 aliphatic rings. The van der Waals surface area contributed by atoms with Crippen molar-refractivity contribution in [3.05, 3.63) is 52.6 Å². The minimum absolute atomic E-state index is 0.0299. The molecule has 31 heavy (non-hydrogen) atoms. The van der Waals surface area contributed by atoms with E-state index in [1.54, 1.807) is 20.3 Å². The normalized spacial score (nSPS) is 17.2. The third-order valence-electron chi connectivity index (χ3n) is 5.76. The second kappa shape index (κ2) is 8.92. The summed E-state index contributed by atoms with van der Waals surface area (Å²) in [5, 5.41) is 0. The van der Waals surface area contributed by atoms with Crippen LogP contribution in [0.15, 0.2) is 30.3 Å². The van der Waals surface area contributed by atoms with Gasteiger partial charge in [0.1, 0.15) is 17.6 Å². The van der Waals surface area contributed by atoms with E-state index >= 15 is 0 Å². The molecule has 0 spiro atoms. The average molecular weight is 424 g/mol. The van der Waals surface area contributed by atoms with Gasteiger partial charge in [-0.1, -0.05) is 0 Å². The van der Waals surface area contributed by atoms with E-state index in [4.69, 9.17) is 18.9 Å². The van der Waals surface area contributed by atoms with Gasteiger partial charge in [-0.25, -0.2) is 0 Å². The van der Waals surface area contributed by atoms with Crippen LogP contribution in [-0.2, 0) is 24.2 Å². The zero-order valence-electron chi connectivity index (χ0n) is 18.6. The molecule has 2 aromatic rings. The Balaban J connectivity index is 1.52. The summed E-state index contributed by atoms with van der Waals surface area (Å²) in [6.07, 6.45) is 5.26. The van der Waals surface area contributed by atoms with Crippen LogP contribution in [0.25, 0.3) is 6.08 Å². The molecule has 0 saturated carbocycles. The Bertz CT molecular complexity index is 1010. The van der Waals surface area contributed by atoms with Gasteiger partial charge in [-0.15, -0.1) is 0 Å². The topological polar surface area (TPSA) is 57.2 Å². The number of methoxy groups -OCH3 is 2. The van der Waals surface area contributed by atoms with Crippen molar-refractivity contribution in [2.75, 3.05) is 27.4 Å². The molecule has 0 N–H and O–H groups in total. The molecule has 0 bridgehead atoms. The molecule has 0 aromatic heterocycles. The van der Waals surface area contributed by atoms with Crippen LogP contribution in [0.2, 0.25) is 0 Å². The van der Waals surface area contributed by atoms with Crippen molar-refractivity contribution in [3.8, 4) is 23.0 Å². The quantitative estimate of drug-likeness (QED) is 0.657. The lowest BCUT2D eigenvalue weighted by atomic mass is 9.98. The van der Waals surface area contributed by atoms with Gasteiger partial charge < -0.3 is 23.8 Å². The van der Waals surface area contributed by atoms with Gasteiger partial charge in [0, 0.05) is 36.7 Å². The van der Waals surface area contributed by atoms with Gasteiger partial charge in [-0.2, -0.15) is 0 Å². The van der Waals surface area contributed by atoms with E-state index in [-0.39, 0.29) is 12.0 Å². The van der Waals surface area contributed by atoms with Gasteiger partial charge in [-0.3, -0.25) is 4.79 Å². The van der Waals surface area contributed by atoms with Crippen LogP contribution in [0.5, 0.6) is 23.0 Å². The van der Waals surface area contributed by atoms with Crippen molar-refractivity contribution in [2.45, 2.75) is 39.3 Å². The Hall–Kier alpha value is -3.15. The van der Waals surface area contributed by atoms with E-state index in [9.17, 15) is 4.79 Å². The van der Waals surface area contributed by atoms with E-state index in [1.165, 1.54) is 5.56 Å². The summed E-state index contributed by atoms with van der Waals surface area (Å²) in [6.45, 7) is 5.78. The summed E-state index contributed by atoms with van der Waals surface area (Å²) in [6, 6.07) is 7.97. The molecule has 2 aromatic carbocycles. The molecular formula is C25H29NO5. The number of rotatable bonds is 6. The summed E-state index contributed by atoms with van der Waals surface area (Å²) < 4.78 is 22.5. The second-order valence-electron chi connectivity index (χ2n) is 7.88. The van der Waals surface area contributed by atoms with Crippen LogP contribution in [-0.4, -0.2) is 44.3 Å². The number of hydrogen-bond acceptors (Lipinski definition) is 5. The van der Waals surface area contributed by atoms with Crippen molar-refractivity contribution >= 4 is 12.0 Å². The standard InChI is InChI=1S/C25H29NO5/c1-5-30-21-13-19-10-16(2)31-22(19)12-18(21)6-7-25(27)26-9-8-17-11-23(28-3)24(29-4)14-20(17)15-26/h6-7,11-14,16H,5,8-10,15H2,1-4H3/b7-6+. The molecular weight excluding hydrogens is 394 g/mol. The fourth-order valence-corrected chi connectivity index (χ4v) is 4.20. The summed E-state index contributed by atoms with van der Waals surface area (Å²) in [4.78, 5) is 14.8. The first kappa shape index (κ1) is 21.1. The Morgan fingerprint density at radius 3 is 2.52 bits per heavy atom. The highest BCUT2D eigenvalue weighted by molar-refractivity contribution is 5.92. The van der Waals surface area contributed by atoms with E-state index in [0.29, 0.717) is 25.4 Å². The maximum atomic E-state index is 12.9. The van der Waals surface area contributed by atoms with Gasteiger partial charge in [-0.05, 0) is 61.7 Å². The predicted octanol–water partition coefficient (Wildman–Crippen LogP) is 4.02. The summed E-state index contributed by atoms with van der Waals surface area (Å²) in [5.74, 6) is 3.02. The van der Waals surface area contributed by atoms with E-state index in [2.05, 4.69) is 6.92 Å². The number of carbonyl (C=O) groups is 1. The molecule has 0 radical (unpaired) electrons. The first-order chi connectivity index (χ1) is 15.0. The molecule has 0 aliphatic carbocycles. The molecule has 6 nitrogen and oxygen atoms in total. The number of ether oxygens (including phenoxy) is 4. The summed E-state index contributed by atoms with van der Waals surface area (Å²) >= 11 is 0. The van der Waals surface area contributed by atoms with Crippen LogP contribution in [0, 0.1) is 0 Å². The number of amides is 1. The minimum Gasteiger partial charge on any atom is -0.493 e. The lowest BCUT2D eigenvalue weighted by molar-refractivity contribution is -0.126. The van der Waals surface area contributed by atoms with Gasteiger partial charge >= 0.3 is 0 Å². The van der Waals surface area contributed by atoms with Crippen molar-refractivity contribution in [1.82, 2.24) is 4.90 Å². The Kier molecular flexibility index (Phi) is 6.07. The van der Waals surface area contributed by atoms with E-state index in [0.717, 1.165) is 46.8 Å². The molecule has 6 heteroatoms. The van der Waals surface area contributed by atoms with Crippen molar-refractivity contribution in [1.29, 1.82) is 0 Å². The van der Waals surface area contributed by atoms with Crippen LogP contribution < -0.4 is 18.9 Å². The largest absolute Gasteiger partial charge is 0.493 e. The molecule has 1 amide bonds. The van der Waals surface area contributed by atoms with Crippen molar-refractivity contribution in [3.63, 3.8) is 0 Å². The van der Waals surface area contributed by atoms with Gasteiger partial charge in [0.25, 0.3) is 0 Å². The molecule has 164 valence electrons. The first-order valence-electron chi connectivity index (χ1n) is 10.7. The average Bonchev–Trinajstić information content (AvgIpc) is 3.14. The molecule has 2 aliphatic heterocycles. The highest BCUT2D eigenvalue weighted by Crippen LogP contribution is 2.36. The van der Waals surface area contributed by atoms with Crippen molar-refractivity contribution < 1.29 is 23.7 Å². The fourth-order valence-electron chi connectivity index (χ4n) is 4.20. The number of hydrogen-bond donors (Lipinski definition) is 0. The molecule has 1 unspecified atom stereocenters. The highest BCUT2D eigenvalue weighted by Gasteiger charge is 2.23. The lowest BCUT2D eigenvalue weighted by Gasteiger charge is -2.28. The van der Waals surface area contributed by atoms with Crippen LogP contribution >= 0.6 is 0 Å². The number of fused-ring (bicyclic) bond motifs is 2. The van der Waals surface area contributed by atoms with Gasteiger partial charge in [0.2, 0.25) is 5.91 Å². The second-order valence-corrected chi connectivity index (χ2v) is 7.88. The molecule has 2 heterocycles. The van der Waals surface area contributed by atoms with Crippen LogP contribution in [0.4, 0.5) is 0 Å². The SMILES string of the molecule is CCOc1cc2c(cc1/C=C/C(=O)N1CCc3cc(OC)c(OC)cc3C1)OC(C)C2. The molecule has 0 saturated heterocycles. The smallest absolute Gasteiger partial charge is 0.246 e. The van der Waals surface area contributed by atoms with Crippen molar-refractivity contribution in [2.24, 2.45) is 0 Å². The fraction of sp³-hybridized carbons (Fsp3) is 0.400. The molecule has 1 atom stereocenters. The first-order valence-corrected chi connectivity index (χ1v) is 10.7. The molecule has 0 fully saturated rings. The zero-order chi connectivity index (χ0) is 22.0. The number of benzene rings is 2. The number of carbonyl (C=O) groups excluding carboxylic acids is 1. The maximum absolute atomic E-state index is 12.9. The minimum atomic E-state index is -0.0299. The number of nitrogens with zero attached hydrogens (tertiary/aromatic N) is 1. The lowest BCUT2D eigenvalue weighted by Crippen LogP contribution is -2.34. The van der Waals surface area contributed by atoms with E-state index < -0.39 is 0 Å². The Labute approximate surface area is 183 Å². The highest BCUT2D eigenvalue weighted by atomic mass is 16.5. The monoisotopic (exact) mass is 423 g/mol. The predicted molar refractivity (Wildman–Crippen MR) is 119 cm³/mol. The van der Waals surface area contributed by atoms with Gasteiger partial charge in [0.15, 0.2) is 11.5 Å². The molecule has 4 rings (SSSR count). The Morgan fingerprint density at radius 1 is 1.10 bits per heavy atom.